The van der Waals surface area contributed by atoms with Gasteiger partial charge in [0.05, 0.1) is 10.8 Å². The Kier molecular flexibility index (Phi) is 5.57. The van der Waals surface area contributed by atoms with E-state index in [4.69, 9.17) is 4.74 Å². The average Bonchev–Trinajstić information content (AvgIpc) is 2.66. The second-order valence-corrected chi connectivity index (χ2v) is 8.43. The lowest BCUT2D eigenvalue weighted by Crippen LogP contribution is -2.41. The second kappa shape index (κ2) is 7.74. The molecule has 1 aliphatic heterocycles. The fourth-order valence-corrected chi connectivity index (χ4v) is 4.41. The Bertz CT molecular complexity index is 937. The Balaban J connectivity index is 1.63. The van der Waals surface area contributed by atoms with Crippen molar-refractivity contribution in [2.45, 2.75) is 24.7 Å². The first-order valence-electron chi connectivity index (χ1n) is 8.51. The standard InChI is InChI=1S/C19H19F2NO4S/c1-13-2-4-15(5-3-13)26-19(23)14-8-10-22(11-9-14)27(24,25)16-6-7-17(20)18(21)12-16/h2-7,12,14H,8-11H2,1H3. The van der Waals surface area contributed by atoms with Crippen molar-refractivity contribution in [3.63, 3.8) is 0 Å². The van der Waals surface area contributed by atoms with E-state index in [0.717, 1.165) is 17.7 Å². The largest absolute Gasteiger partial charge is 0.426 e. The molecule has 0 aromatic heterocycles. The van der Waals surface area contributed by atoms with Crippen LogP contribution in [0.15, 0.2) is 47.4 Å². The zero-order chi connectivity index (χ0) is 19.6. The lowest BCUT2D eigenvalue weighted by Gasteiger charge is -2.30. The van der Waals surface area contributed by atoms with Crippen LogP contribution in [0.3, 0.4) is 0 Å². The van der Waals surface area contributed by atoms with Crippen LogP contribution < -0.4 is 4.74 Å². The third kappa shape index (κ3) is 4.33. The highest BCUT2D eigenvalue weighted by Gasteiger charge is 2.33. The molecule has 27 heavy (non-hydrogen) atoms. The van der Waals surface area contributed by atoms with Crippen LogP contribution in [0.5, 0.6) is 5.75 Å². The fraction of sp³-hybridized carbons (Fsp3) is 0.316. The van der Waals surface area contributed by atoms with Gasteiger partial charge in [-0.15, -0.1) is 0 Å². The molecule has 2 aromatic rings. The molecule has 0 unspecified atom stereocenters. The van der Waals surface area contributed by atoms with Gasteiger partial charge in [0.1, 0.15) is 5.75 Å². The van der Waals surface area contributed by atoms with Crippen molar-refractivity contribution in [2.75, 3.05) is 13.1 Å². The molecule has 1 fully saturated rings. The predicted octanol–water partition coefficient (Wildman–Crippen LogP) is 3.28. The summed E-state index contributed by atoms with van der Waals surface area (Å²) < 4.78 is 58.1. The third-order valence-corrected chi connectivity index (χ3v) is 6.45. The summed E-state index contributed by atoms with van der Waals surface area (Å²) >= 11 is 0. The smallest absolute Gasteiger partial charge is 0.314 e. The van der Waals surface area contributed by atoms with Gasteiger partial charge in [0.15, 0.2) is 11.6 Å². The quantitative estimate of drug-likeness (QED) is 0.589. The summed E-state index contributed by atoms with van der Waals surface area (Å²) in [6, 6.07) is 9.56. The molecule has 0 amide bonds. The number of halogens is 2. The number of hydrogen-bond donors (Lipinski definition) is 0. The van der Waals surface area contributed by atoms with Gasteiger partial charge < -0.3 is 4.74 Å². The van der Waals surface area contributed by atoms with E-state index in [1.165, 1.54) is 4.31 Å². The fourth-order valence-electron chi connectivity index (χ4n) is 2.92. The highest BCUT2D eigenvalue weighted by Crippen LogP contribution is 2.26. The van der Waals surface area contributed by atoms with E-state index in [9.17, 15) is 22.0 Å². The lowest BCUT2D eigenvalue weighted by molar-refractivity contribution is -0.140. The number of carbonyl (C=O) groups excluding carboxylic acids is 1. The zero-order valence-electron chi connectivity index (χ0n) is 14.7. The van der Waals surface area contributed by atoms with Gasteiger partial charge in [-0.25, -0.2) is 17.2 Å². The molecule has 5 nitrogen and oxygen atoms in total. The molecule has 0 N–H and O–H groups in total. The molecule has 1 aliphatic rings. The van der Waals surface area contributed by atoms with Gasteiger partial charge in [0.25, 0.3) is 0 Å². The molecule has 0 radical (unpaired) electrons. The molecule has 0 aliphatic carbocycles. The molecule has 1 saturated heterocycles. The number of sulfonamides is 1. The molecular formula is C19H19F2NO4S. The van der Waals surface area contributed by atoms with Crippen LogP contribution in [0, 0.1) is 24.5 Å². The number of piperidine rings is 1. The second-order valence-electron chi connectivity index (χ2n) is 6.49. The maximum atomic E-state index is 13.4. The monoisotopic (exact) mass is 395 g/mol. The molecule has 144 valence electrons. The lowest BCUT2D eigenvalue weighted by atomic mass is 9.98. The van der Waals surface area contributed by atoms with E-state index in [-0.39, 0.29) is 18.0 Å². The highest BCUT2D eigenvalue weighted by molar-refractivity contribution is 7.89. The van der Waals surface area contributed by atoms with Gasteiger partial charge in [-0.3, -0.25) is 4.79 Å². The molecular weight excluding hydrogens is 376 g/mol. The molecule has 0 spiro atoms. The summed E-state index contributed by atoms with van der Waals surface area (Å²) in [5.41, 5.74) is 1.05. The number of benzene rings is 2. The van der Waals surface area contributed by atoms with Crippen LogP contribution in [-0.2, 0) is 14.8 Å². The molecule has 2 aromatic carbocycles. The van der Waals surface area contributed by atoms with Crippen molar-refractivity contribution >= 4 is 16.0 Å². The maximum absolute atomic E-state index is 13.4. The zero-order valence-corrected chi connectivity index (χ0v) is 15.5. The highest BCUT2D eigenvalue weighted by atomic mass is 32.2. The number of nitrogens with zero attached hydrogens (tertiary/aromatic N) is 1. The van der Waals surface area contributed by atoms with E-state index in [1.54, 1.807) is 12.1 Å². The minimum absolute atomic E-state index is 0.106. The van der Waals surface area contributed by atoms with Crippen LogP contribution in [0.2, 0.25) is 0 Å². The minimum Gasteiger partial charge on any atom is -0.426 e. The van der Waals surface area contributed by atoms with Crippen molar-refractivity contribution in [3.05, 3.63) is 59.7 Å². The Morgan fingerprint density at radius 2 is 1.67 bits per heavy atom. The van der Waals surface area contributed by atoms with Crippen molar-refractivity contribution in [3.8, 4) is 5.75 Å². The first-order chi connectivity index (χ1) is 12.8. The number of hydrogen-bond acceptors (Lipinski definition) is 4. The topological polar surface area (TPSA) is 63.7 Å². The van der Waals surface area contributed by atoms with Crippen LogP contribution in [0.4, 0.5) is 8.78 Å². The first-order valence-corrected chi connectivity index (χ1v) is 9.95. The van der Waals surface area contributed by atoms with E-state index in [1.807, 2.05) is 19.1 Å². The Morgan fingerprint density at radius 1 is 1.04 bits per heavy atom. The van der Waals surface area contributed by atoms with E-state index in [2.05, 4.69) is 0 Å². The molecule has 1 heterocycles. The van der Waals surface area contributed by atoms with Crippen molar-refractivity contribution in [1.82, 2.24) is 4.31 Å². The molecule has 0 bridgehead atoms. The number of ether oxygens (including phenoxy) is 1. The van der Waals surface area contributed by atoms with Crippen LogP contribution in [0.1, 0.15) is 18.4 Å². The Labute approximate surface area is 156 Å². The normalized spacial score (nSPS) is 16.3. The Morgan fingerprint density at radius 3 is 2.26 bits per heavy atom. The van der Waals surface area contributed by atoms with Crippen molar-refractivity contribution < 1.29 is 26.7 Å². The van der Waals surface area contributed by atoms with Gasteiger partial charge in [-0.1, -0.05) is 17.7 Å². The van der Waals surface area contributed by atoms with Crippen LogP contribution in [0.25, 0.3) is 0 Å². The van der Waals surface area contributed by atoms with E-state index < -0.39 is 33.5 Å². The average molecular weight is 395 g/mol. The van der Waals surface area contributed by atoms with Gasteiger partial charge >= 0.3 is 5.97 Å². The van der Waals surface area contributed by atoms with Gasteiger partial charge in [0, 0.05) is 13.1 Å². The van der Waals surface area contributed by atoms with Crippen LogP contribution >= 0.6 is 0 Å². The molecule has 8 heteroatoms. The summed E-state index contributed by atoms with van der Waals surface area (Å²) in [6.45, 7) is 2.14. The predicted molar refractivity (Wildman–Crippen MR) is 94.7 cm³/mol. The minimum atomic E-state index is -3.94. The summed E-state index contributed by atoms with van der Waals surface area (Å²) in [5.74, 6) is -2.69. The Hall–Kier alpha value is -2.32. The summed E-state index contributed by atoms with van der Waals surface area (Å²) in [4.78, 5) is 12.0. The van der Waals surface area contributed by atoms with Crippen molar-refractivity contribution in [1.29, 1.82) is 0 Å². The number of esters is 1. The van der Waals surface area contributed by atoms with E-state index in [0.29, 0.717) is 24.7 Å². The third-order valence-electron chi connectivity index (χ3n) is 4.56. The summed E-state index contributed by atoms with van der Waals surface area (Å²) in [7, 11) is -3.94. The van der Waals surface area contributed by atoms with Crippen molar-refractivity contribution in [2.24, 2.45) is 5.92 Å². The van der Waals surface area contributed by atoms with Gasteiger partial charge in [0.2, 0.25) is 10.0 Å². The number of rotatable bonds is 4. The summed E-state index contributed by atoms with van der Waals surface area (Å²) in [5, 5.41) is 0. The van der Waals surface area contributed by atoms with E-state index >= 15 is 0 Å². The molecule has 0 atom stereocenters. The molecule has 3 rings (SSSR count). The van der Waals surface area contributed by atoms with Crippen LogP contribution in [-0.4, -0.2) is 31.8 Å². The number of carbonyl (C=O) groups is 1. The summed E-state index contributed by atoms with van der Waals surface area (Å²) in [6.07, 6.45) is 0.598. The SMILES string of the molecule is Cc1ccc(OC(=O)C2CCN(S(=O)(=O)c3ccc(F)c(F)c3)CC2)cc1. The number of aryl methyl sites for hydroxylation is 1. The molecule has 0 saturated carbocycles. The van der Waals surface area contributed by atoms with Gasteiger partial charge in [-0.2, -0.15) is 4.31 Å². The first kappa shape index (κ1) is 19.4. The van der Waals surface area contributed by atoms with Gasteiger partial charge in [-0.05, 0) is 50.1 Å². The maximum Gasteiger partial charge on any atom is 0.314 e.